The number of aliphatic imine (C=N–C) groups is 1. The minimum absolute atomic E-state index is 0. The molecule has 2 N–H and O–H groups in total. The van der Waals surface area contributed by atoms with Crippen molar-refractivity contribution in [2.75, 3.05) is 20.2 Å². The number of halogens is 4. The number of hydrogen-bond acceptors (Lipinski definition) is 4. The highest BCUT2D eigenvalue weighted by Gasteiger charge is 2.30. The first-order valence-corrected chi connectivity index (χ1v) is 8.44. The molecule has 0 fully saturated rings. The number of hydrogen-bond donors (Lipinski definition) is 2. The Bertz CT molecular complexity index is 678. The summed E-state index contributed by atoms with van der Waals surface area (Å²) in [7, 11) is 1.66. The maximum absolute atomic E-state index is 12.4. The summed E-state index contributed by atoms with van der Waals surface area (Å²) in [5, 5.41) is 8.33. The van der Waals surface area contributed by atoms with E-state index in [4.69, 9.17) is 4.74 Å². The smallest absolute Gasteiger partial charge is 0.417 e. The van der Waals surface area contributed by atoms with Gasteiger partial charge in [-0.15, -0.1) is 35.3 Å². The van der Waals surface area contributed by atoms with Gasteiger partial charge in [0.25, 0.3) is 0 Å². The predicted octanol–water partition coefficient (Wildman–Crippen LogP) is 4.08. The van der Waals surface area contributed by atoms with E-state index >= 15 is 0 Å². The van der Waals surface area contributed by atoms with Gasteiger partial charge in [-0.05, 0) is 24.4 Å². The van der Waals surface area contributed by atoms with Crippen molar-refractivity contribution in [2.45, 2.75) is 19.1 Å². The first kappa shape index (κ1) is 22.5. The number of alkyl halides is 3. The van der Waals surface area contributed by atoms with Crippen molar-refractivity contribution in [3.63, 3.8) is 0 Å². The summed E-state index contributed by atoms with van der Waals surface area (Å²) < 4.78 is 42.7. The Balaban J connectivity index is 0.00000338. The maximum atomic E-state index is 12.4. The molecule has 2 aromatic rings. The second-order valence-electron chi connectivity index (χ2n) is 5.11. The minimum Gasteiger partial charge on any atom is -0.476 e. The molecule has 0 aliphatic heterocycles. The molecular weight excluding hydrogens is 480 g/mol. The van der Waals surface area contributed by atoms with Crippen molar-refractivity contribution in [3.8, 4) is 5.88 Å². The summed E-state index contributed by atoms with van der Waals surface area (Å²) in [5.41, 5.74) is -0.801. The summed E-state index contributed by atoms with van der Waals surface area (Å²) in [4.78, 5) is 8.96. The summed E-state index contributed by atoms with van der Waals surface area (Å²) in [6.07, 6.45) is -3.64. The fourth-order valence-corrected chi connectivity index (χ4v) is 2.70. The van der Waals surface area contributed by atoms with Gasteiger partial charge in [0.15, 0.2) is 5.96 Å². The molecule has 2 heterocycles. The lowest BCUT2D eigenvalue weighted by Gasteiger charge is -2.17. The topological polar surface area (TPSA) is 58.5 Å². The maximum Gasteiger partial charge on any atom is 0.417 e. The van der Waals surface area contributed by atoms with E-state index in [1.54, 1.807) is 18.4 Å². The standard InChI is InChI=1S/C16H19F3N4OS.HI/c1-11(13-4-3-9-25-13)23-15(20-2)21-7-8-24-14-6-5-12(10-22-14)16(17,18)19;/h3-6,9-11H,7-8H2,1-2H3,(H2,20,21,23);1H. The molecule has 5 nitrogen and oxygen atoms in total. The third-order valence-electron chi connectivity index (χ3n) is 3.25. The van der Waals surface area contributed by atoms with Crippen molar-refractivity contribution in [1.29, 1.82) is 0 Å². The molecular formula is C16H20F3IN4OS. The Morgan fingerprint density at radius 3 is 2.65 bits per heavy atom. The number of nitrogens with one attached hydrogen (secondary N) is 2. The van der Waals surface area contributed by atoms with Crippen LogP contribution in [0, 0.1) is 0 Å². The van der Waals surface area contributed by atoms with Gasteiger partial charge in [-0.1, -0.05) is 6.07 Å². The molecule has 0 amide bonds. The average Bonchev–Trinajstić information content (AvgIpc) is 3.11. The number of rotatable bonds is 6. The third kappa shape index (κ3) is 6.98. The molecule has 26 heavy (non-hydrogen) atoms. The fourth-order valence-electron chi connectivity index (χ4n) is 1.97. The zero-order valence-electron chi connectivity index (χ0n) is 14.2. The zero-order valence-corrected chi connectivity index (χ0v) is 17.4. The van der Waals surface area contributed by atoms with E-state index in [1.165, 1.54) is 10.9 Å². The van der Waals surface area contributed by atoms with Gasteiger partial charge in [0.1, 0.15) is 6.61 Å². The van der Waals surface area contributed by atoms with Gasteiger partial charge in [0.2, 0.25) is 5.88 Å². The molecule has 0 aromatic carbocycles. The van der Waals surface area contributed by atoms with Crippen LogP contribution in [0.15, 0.2) is 40.8 Å². The number of thiophene rings is 1. The molecule has 10 heteroatoms. The molecule has 1 atom stereocenters. The SMILES string of the molecule is CN=C(NCCOc1ccc(C(F)(F)F)cn1)NC(C)c1cccs1.I. The number of guanidine groups is 1. The molecule has 0 saturated carbocycles. The molecule has 144 valence electrons. The highest BCUT2D eigenvalue weighted by molar-refractivity contribution is 14.0. The van der Waals surface area contributed by atoms with E-state index in [0.29, 0.717) is 12.5 Å². The Morgan fingerprint density at radius 1 is 1.35 bits per heavy atom. The predicted molar refractivity (Wildman–Crippen MR) is 107 cm³/mol. The molecule has 0 aliphatic rings. The normalized spacial score (nSPS) is 12.9. The lowest BCUT2D eigenvalue weighted by atomic mass is 10.3. The summed E-state index contributed by atoms with van der Waals surface area (Å²) in [6.45, 7) is 2.70. The van der Waals surface area contributed by atoms with E-state index in [-0.39, 0.29) is 42.5 Å². The Kier molecular flexibility index (Phi) is 9.13. The molecule has 0 bridgehead atoms. The number of nitrogens with zero attached hydrogens (tertiary/aromatic N) is 2. The quantitative estimate of drug-likeness (QED) is 0.272. The van der Waals surface area contributed by atoms with Gasteiger partial charge in [-0.25, -0.2) is 4.98 Å². The van der Waals surface area contributed by atoms with Gasteiger partial charge in [-0.2, -0.15) is 13.2 Å². The van der Waals surface area contributed by atoms with Crippen LogP contribution in [0.2, 0.25) is 0 Å². The summed E-state index contributed by atoms with van der Waals surface area (Å²) in [5.74, 6) is 0.759. The first-order chi connectivity index (χ1) is 11.9. The van der Waals surface area contributed by atoms with Crippen LogP contribution in [0.25, 0.3) is 0 Å². The first-order valence-electron chi connectivity index (χ1n) is 7.57. The van der Waals surface area contributed by atoms with Gasteiger partial charge in [-0.3, -0.25) is 4.99 Å². The van der Waals surface area contributed by atoms with Crippen molar-refractivity contribution >= 4 is 41.3 Å². The van der Waals surface area contributed by atoms with Crippen molar-refractivity contribution in [3.05, 3.63) is 46.3 Å². The largest absolute Gasteiger partial charge is 0.476 e. The van der Waals surface area contributed by atoms with Crippen LogP contribution in [0.5, 0.6) is 5.88 Å². The lowest BCUT2D eigenvalue weighted by Crippen LogP contribution is -2.40. The van der Waals surface area contributed by atoms with Gasteiger partial charge in [0, 0.05) is 24.2 Å². The molecule has 0 aliphatic carbocycles. The van der Waals surface area contributed by atoms with Crippen molar-refractivity contribution < 1.29 is 17.9 Å². The molecule has 0 saturated heterocycles. The molecule has 0 radical (unpaired) electrons. The monoisotopic (exact) mass is 500 g/mol. The van der Waals surface area contributed by atoms with Crippen LogP contribution < -0.4 is 15.4 Å². The molecule has 0 spiro atoms. The zero-order chi connectivity index (χ0) is 18.3. The van der Waals surface area contributed by atoms with E-state index in [9.17, 15) is 13.2 Å². The van der Waals surface area contributed by atoms with Crippen LogP contribution >= 0.6 is 35.3 Å². The number of pyridine rings is 1. The fraction of sp³-hybridized carbons (Fsp3) is 0.375. The van der Waals surface area contributed by atoms with Crippen LogP contribution in [0.4, 0.5) is 13.2 Å². The molecule has 1 unspecified atom stereocenters. The highest BCUT2D eigenvalue weighted by atomic mass is 127. The van der Waals surface area contributed by atoms with Crippen LogP contribution in [-0.4, -0.2) is 31.1 Å². The third-order valence-corrected chi connectivity index (χ3v) is 4.31. The second-order valence-corrected chi connectivity index (χ2v) is 6.09. The number of aromatic nitrogens is 1. The van der Waals surface area contributed by atoms with Crippen LogP contribution in [0.3, 0.4) is 0 Å². The van der Waals surface area contributed by atoms with E-state index in [1.807, 2.05) is 24.4 Å². The van der Waals surface area contributed by atoms with Gasteiger partial charge in [0.05, 0.1) is 18.2 Å². The van der Waals surface area contributed by atoms with E-state index in [0.717, 1.165) is 12.3 Å². The van der Waals surface area contributed by atoms with E-state index in [2.05, 4.69) is 20.6 Å². The highest BCUT2D eigenvalue weighted by Crippen LogP contribution is 2.29. The lowest BCUT2D eigenvalue weighted by molar-refractivity contribution is -0.137. The molecule has 2 rings (SSSR count). The van der Waals surface area contributed by atoms with E-state index < -0.39 is 11.7 Å². The second kappa shape index (κ2) is 10.6. The van der Waals surface area contributed by atoms with Crippen molar-refractivity contribution in [2.24, 2.45) is 4.99 Å². The summed E-state index contributed by atoms with van der Waals surface area (Å²) >= 11 is 1.65. The average molecular weight is 500 g/mol. The Labute approximate surface area is 171 Å². The van der Waals surface area contributed by atoms with Crippen LogP contribution in [0.1, 0.15) is 23.4 Å². The number of ether oxygens (including phenoxy) is 1. The summed E-state index contributed by atoms with van der Waals surface area (Å²) in [6, 6.07) is 6.28. The van der Waals surface area contributed by atoms with Crippen molar-refractivity contribution in [1.82, 2.24) is 15.6 Å². The Hall–Kier alpha value is -1.56. The van der Waals surface area contributed by atoms with Crippen LogP contribution in [-0.2, 0) is 6.18 Å². The minimum atomic E-state index is -4.40. The van der Waals surface area contributed by atoms with Gasteiger partial charge >= 0.3 is 6.18 Å². The molecule has 2 aromatic heterocycles. The Morgan fingerprint density at radius 2 is 2.12 bits per heavy atom. The van der Waals surface area contributed by atoms with Gasteiger partial charge < -0.3 is 15.4 Å².